The van der Waals surface area contributed by atoms with Gasteiger partial charge in [-0.2, -0.15) is 10.4 Å². The average Bonchev–Trinajstić information content (AvgIpc) is 3.05. The van der Waals surface area contributed by atoms with Crippen LogP contribution in [-0.2, 0) is 17.8 Å². The van der Waals surface area contributed by atoms with E-state index in [0.29, 0.717) is 18.9 Å². The zero-order valence-corrected chi connectivity index (χ0v) is 13.9. The minimum Gasteiger partial charge on any atom is -0.381 e. The molecule has 126 valence electrons. The minimum absolute atomic E-state index is 0.474. The highest BCUT2D eigenvalue weighted by Gasteiger charge is 2.15. The van der Waals surface area contributed by atoms with Crippen molar-refractivity contribution in [1.82, 2.24) is 15.1 Å². The number of nitrogens with one attached hydrogen (secondary N) is 1. The van der Waals surface area contributed by atoms with Crippen molar-refractivity contribution in [2.75, 3.05) is 19.8 Å². The summed E-state index contributed by atoms with van der Waals surface area (Å²) in [6.45, 7) is 4.15. The maximum absolute atomic E-state index is 8.79. The van der Waals surface area contributed by atoms with E-state index in [2.05, 4.69) is 34.8 Å². The van der Waals surface area contributed by atoms with E-state index in [4.69, 9.17) is 10.00 Å². The van der Waals surface area contributed by atoms with Gasteiger partial charge in [0.05, 0.1) is 31.3 Å². The van der Waals surface area contributed by atoms with Crippen molar-refractivity contribution in [1.29, 1.82) is 5.26 Å². The first-order valence-electron chi connectivity index (χ1n) is 8.64. The lowest BCUT2D eigenvalue weighted by Crippen LogP contribution is -2.28. The summed E-state index contributed by atoms with van der Waals surface area (Å²) in [5.74, 6) is 0.604. The van der Waals surface area contributed by atoms with E-state index in [1.165, 1.54) is 12.0 Å². The fourth-order valence-corrected chi connectivity index (χ4v) is 3.09. The first kappa shape index (κ1) is 16.7. The molecule has 1 unspecified atom stereocenters. The molecule has 2 heterocycles. The molecule has 24 heavy (non-hydrogen) atoms. The predicted octanol–water partition coefficient (Wildman–Crippen LogP) is 2.98. The van der Waals surface area contributed by atoms with Crippen LogP contribution in [0, 0.1) is 17.2 Å². The fourth-order valence-electron chi connectivity index (χ4n) is 3.09. The second-order valence-electron chi connectivity index (χ2n) is 6.25. The lowest BCUT2D eigenvalue weighted by Gasteiger charge is -2.22. The number of rotatable bonds is 7. The van der Waals surface area contributed by atoms with Gasteiger partial charge in [-0.1, -0.05) is 30.3 Å². The molecule has 1 atom stereocenters. The van der Waals surface area contributed by atoms with Crippen molar-refractivity contribution in [3.05, 3.63) is 42.1 Å². The molecule has 5 heteroatoms. The molecule has 0 amide bonds. The van der Waals surface area contributed by atoms with Gasteiger partial charge in [0.1, 0.15) is 0 Å². The molecule has 1 aliphatic rings. The standard InChI is InChI=1S/C19H24N4O/c20-9-5-10-23-14-18(13-21-12-16-6-4-11-24-15-16)19(22-23)17-7-2-1-3-8-17/h1-3,7-8,14,16,21H,4-6,10-13,15H2. The Morgan fingerprint density at radius 1 is 1.33 bits per heavy atom. The summed E-state index contributed by atoms with van der Waals surface area (Å²) in [6, 6.07) is 12.4. The van der Waals surface area contributed by atoms with Crippen LogP contribution in [0.25, 0.3) is 11.3 Å². The van der Waals surface area contributed by atoms with Crippen molar-refractivity contribution >= 4 is 0 Å². The zero-order valence-electron chi connectivity index (χ0n) is 13.9. The van der Waals surface area contributed by atoms with Crippen LogP contribution in [0.4, 0.5) is 0 Å². The van der Waals surface area contributed by atoms with Crippen LogP contribution < -0.4 is 5.32 Å². The molecule has 1 aromatic heterocycles. The van der Waals surface area contributed by atoms with Gasteiger partial charge in [-0.15, -0.1) is 0 Å². The van der Waals surface area contributed by atoms with Crippen molar-refractivity contribution in [2.45, 2.75) is 32.4 Å². The Bertz CT molecular complexity index is 668. The van der Waals surface area contributed by atoms with Crippen molar-refractivity contribution in [3.63, 3.8) is 0 Å². The zero-order chi connectivity index (χ0) is 16.6. The van der Waals surface area contributed by atoms with Crippen molar-refractivity contribution in [3.8, 4) is 17.3 Å². The molecule has 1 aliphatic heterocycles. The van der Waals surface area contributed by atoms with Gasteiger partial charge < -0.3 is 10.1 Å². The third-order valence-electron chi connectivity index (χ3n) is 4.34. The van der Waals surface area contributed by atoms with Crippen LogP contribution in [0.1, 0.15) is 24.8 Å². The molecule has 0 aliphatic carbocycles. The number of hydrogen-bond acceptors (Lipinski definition) is 4. The molecule has 1 saturated heterocycles. The van der Waals surface area contributed by atoms with Crippen LogP contribution in [0.3, 0.4) is 0 Å². The third kappa shape index (κ3) is 4.44. The number of nitriles is 1. The quantitative estimate of drug-likeness (QED) is 0.850. The fraction of sp³-hybridized carbons (Fsp3) is 0.474. The predicted molar refractivity (Wildman–Crippen MR) is 93.1 cm³/mol. The molecular formula is C19H24N4O. The summed E-state index contributed by atoms with van der Waals surface area (Å²) >= 11 is 0. The molecule has 0 spiro atoms. The smallest absolute Gasteiger partial charge is 0.0968 e. The number of benzene rings is 1. The van der Waals surface area contributed by atoms with Crippen LogP contribution in [-0.4, -0.2) is 29.5 Å². The van der Waals surface area contributed by atoms with Crippen molar-refractivity contribution < 1.29 is 4.74 Å². The molecule has 1 fully saturated rings. The van der Waals surface area contributed by atoms with Gasteiger partial charge in [0.15, 0.2) is 0 Å². The topological polar surface area (TPSA) is 62.9 Å². The summed E-state index contributed by atoms with van der Waals surface area (Å²) in [6.07, 6.45) is 4.93. The molecule has 3 rings (SSSR count). The second kappa shape index (κ2) is 8.62. The van der Waals surface area contributed by atoms with Gasteiger partial charge >= 0.3 is 0 Å². The maximum atomic E-state index is 8.79. The highest BCUT2D eigenvalue weighted by Crippen LogP contribution is 2.22. The highest BCUT2D eigenvalue weighted by atomic mass is 16.5. The summed E-state index contributed by atoms with van der Waals surface area (Å²) in [4.78, 5) is 0. The molecular weight excluding hydrogens is 300 g/mol. The first-order chi connectivity index (χ1) is 11.9. The number of ether oxygens (including phenoxy) is 1. The van der Waals surface area contributed by atoms with Crippen LogP contribution in [0.2, 0.25) is 0 Å². The Hall–Kier alpha value is -2.16. The molecule has 1 N–H and O–H groups in total. The van der Waals surface area contributed by atoms with Gasteiger partial charge in [-0.25, -0.2) is 0 Å². The number of aromatic nitrogens is 2. The molecule has 2 aromatic rings. The van der Waals surface area contributed by atoms with Crippen LogP contribution in [0.5, 0.6) is 0 Å². The summed E-state index contributed by atoms with van der Waals surface area (Å²) in [7, 11) is 0. The lowest BCUT2D eigenvalue weighted by atomic mass is 10.0. The van der Waals surface area contributed by atoms with E-state index >= 15 is 0 Å². The van der Waals surface area contributed by atoms with Crippen LogP contribution in [0.15, 0.2) is 36.5 Å². The first-order valence-corrected chi connectivity index (χ1v) is 8.64. The lowest BCUT2D eigenvalue weighted by molar-refractivity contribution is 0.0547. The Morgan fingerprint density at radius 3 is 2.96 bits per heavy atom. The largest absolute Gasteiger partial charge is 0.381 e. The van der Waals surface area contributed by atoms with Gasteiger partial charge in [0.25, 0.3) is 0 Å². The van der Waals surface area contributed by atoms with E-state index in [1.54, 1.807) is 0 Å². The van der Waals surface area contributed by atoms with Gasteiger partial charge in [-0.3, -0.25) is 4.68 Å². The number of nitrogens with zero attached hydrogens (tertiary/aromatic N) is 3. The Morgan fingerprint density at radius 2 is 2.21 bits per heavy atom. The van der Waals surface area contributed by atoms with Crippen LogP contribution >= 0.6 is 0 Å². The molecule has 5 nitrogen and oxygen atoms in total. The minimum atomic E-state index is 0.474. The van der Waals surface area contributed by atoms with Crippen molar-refractivity contribution in [2.24, 2.45) is 5.92 Å². The van der Waals surface area contributed by atoms with E-state index < -0.39 is 0 Å². The maximum Gasteiger partial charge on any atom is 0.0968 e. The Kier molecular flexibility index (Phi) is 6.00. The number of aryl methyl sites for hydroxylation is 1. The Balaban J connectivity index is 1.67. The second-order valence-corrected chi connectivity index (χ2v) is 6.25. The third-order valence-corrected chi connectivity index (χ3v) is 4.34. The summed E-state index contributed by atoms with van der Waals surface area (Å²) in [5, 5.41) is 17.0. The summed E-state index contributed by atoms with van der Waals surface area (Å²) in [5.41, 5.74) is 3.29. The van der Waals surface area contributed by atoms with E-state index in [0.717, 1.165) is 44.0 Å². The van der Waals surface area contributed by atoms with Gasteiger partial charge in [0, 0.05) is 37.0 Å². The number of hydrogen-bond donors (Lipinski definition) is 1. The molecule has 0 bridgehead atoms. The monoisotopic (exact) mass is 324 g/mol. The average molecular weight is 324 g/mol. The SMILES string of the molecule is N#CCCn1cc(CNCC2CCCOC2)c(-c2ccccc2)n1. The Labute approximate surface area is 143 Å². The molecule has 1 aromatic carbocycles. The van der Waals surface area contributed by atoms with E-state index in [1.807, 2.05) is 22.9 Å². The summed E-state index contributed by atoms with van der Waals surface area (Å²) < 4.78 is 7.42. The normalized spacial score (nSPS) is 17.5. The van der Waals surface area contributed by atoms with Gasteiger partial charge in [0.2, 0.25) is 0 Å². The molecule has 0 saturated carbocycles. The van der Waals surface area contributed by atoms with E-state index in [9.17, 15) is 0 Å². The highest BCUT2D eigenvalue weighted by molar-refractivity contribution is 5.62. The van der Waals surface area contributed by atoms with Gasteiger partial charge in [-0.05, 0) is 18.8 Å². The molecule has 0 radical (unpaired) electrons. The van der Waals surface area contributed by atoms with E-state index in [-0.39, 0.29) is 0 Å².